The summed E-state index contributed by atoms with van der Waals surface area (Å²) in [4.78, 5) is 38.2. The molecule has 386 valence electrons. The fourth-order valence-electron chi connectivity index (χ4n) is 9.09. The molecule has 3 aliphatic rings. The van der Waals surface area contributed by atoms with Crippen molar-refractivity contribution >= 4 is 23.3 Å². The van der Waals surface area contributed by atoms with Crippen LogP contribution in [0.3, 0.4) is 0 Å². The molecule has 2 aromatic carbocycles. The molecule has 1 saturated heterocycles. The second-order valence-corrected chi connectivity index (χ2v) is 18.7. The van der Waals surface area contributed by atoms with E-state index >= 15 is 0 Å². The fourth-order valence-corrected chi connectivity index (χ4v) is 9.09. The van der Waals surface area contributed by atoms with Gasteiger partial charge in [0, 0.05) is 97.9 Å². The lowest BCUT2D eigenvalue weighted by Crippen LogP contribution is -2.38. The summed E-state index contributed by atoms with van der Waals surface area (Å²) in [6, 6.07) is 20.1. The zero-order valence-electron chi connectivity index (χ0n) is 42.6. The summed E-state index contributed by atoms with van der Waals surface area (Å²) in [5.74, 6) is 2.20. The Balaban J connectivity index is 1.05. The minimum Gasteiger partial charge on any atom is -0.492 e. The smallest absolute Gasteiger partial charge is 0.232 e. The summed E-state index contributed by atoms with van der Waals surface area (Å²) in [5.41, 5.74) is 11.1. The van der Waals surface area contributed by atoms with Crippen molar-refractivity contribution in [3.05, 3.63) is 174 Å². The SMILES string of the molecule is C=C1CC/C=C/COCc2cc(OCCn3ccnc3)cc(c2)N(C2/C=C/COCc3cc(cc(OCCN4CCOCC4)c3)Nc3ncc(C)c(n3)-c3ccnc(c3)CO2)c2ncc(C)c(n2)-c2ccnc(c2)C1. The summed E-state index contributed by atoms with van der Waals surface area (Å²) in [5, 5.41) is 3.44. The van der Waals surface area contributed by atoms with Gasteiger partial charge in [-0.25, -0.2) is 24.9 Å². The van der Waals surface area contributed by atoms with Crippen LogP contribution in [0.1, 0.15) is 46.5 Å². The number of anilines is 4. The maximum atomic E-state index is 7.04. The molecule has 8 heterocycles. The highest BCUT2D eigenvalue weighted by molar-refractivity contribution is 5.69. The largest absolute Gasteiger partial charge is 0.492 e. The zero-order chi connectivity index (χ0) is 51.2. The van der Waals surface area contributed by atoms with Crippen molar-refractivity contribution in [3.63, 3.8) is 0 Å². The van der Waals surface area contributed by atoms with Gasteiger partial charge in [-0.1, -0.05) is 30.4 Å². The van der Waals surface area contributed by atoms with E-state index in [0.717, 1.165) is 113 Å². The van der Waals surface area contributed by atoms with E-state index < -0.39 is 6.23 Å². The first-order valence-electron chi connectivity index (χ1n) is 25.5. The Morgan fingerprint density at radius 2 is 1.43 bits per heavy atom. The lowest BCUT2D eigenvalue weighted by Gasteiger charge is -2.31. The molecule has 1 atom stereocenters. The first kappa shape index (κ1) is 50.8. The van der Waals surface area contributed by atoms with Gasteiger partial charge in [0.25, 0.3) is 0 Å². The van der Waals surface area contributed by atoms with E-state index in [1.807, 2.05) is 109 Å². The monoisotopic (exact) mass is 1010 g/mol. The van der Waals surface area contributed by atoms with Gasteiger partial charge < -0.3 is 38.3 Å². The number of aryl methyl sites for hydroxylation is 2. The number of rotatable bonds is 9. The van der Waals surface area contributed by atoms with Crippen LogP contribution in [0.15, 0.2) is 141 Å². The molecule has 0 spiro atoms. The average molecular weight is 1010 g/mol. The van der Waals surface area contributed by atoms with E-state index in [-0.39, 0.29) is 13.2 Å². The molecule has 10 rings (SSSR count). The van der Waals surface area contributed by atoms with Crippen LogP contribution in [-0.2, 0) is 51.7 Å². The molecule has 1 unspecified atom stereocenters. The molecular weight excluding hydrogens is 947 g/mol. The molecule has 1 N–H and O–H groups in total. The van der Waals surface area contributed by atoms with Crippen LogP contribution >= 0.6 is 0 Å². The molecule has 7 aromatic rings. The number of nitrogens with zero attached hydrogens (tertiary/aromatic N) is 10. The number of nitrogens with one attached hydrogen (secondary N) is 1. The topological polar surface area (TPSA) is 169 Å². The van der Waals surface area contributed by atoms with Crippen LogP contribution in [0, 0.1) is 13.8 Å². The predicted octanol–water partition coefficient (Wildman–Crippen LogP) is 9.47. The first-order valence-corrected chi connectivity index (χ1v) is 25.5. The van der Waals surface area contributed by atoms with Gasteiger partial charge >= 0.3 is 0 Å². The Labute approximate surface area is 438 Å². The van der Waals surface area contributed by atoms with Gasteiger partial charge in [0.1, 0.15) is 24.7 Å². The first-order chi connectivity index (χ1) is 36.8. The Hall–Kier alpha value is -7.67. The highest BCUT2D eigenvalue weighted by atomic mass is 16.5. The lowest BCUT2D eigenvalue weighted by atomic mass is 10.0. The predicted molar refractivity (Wildman–Crippen MR) is 287 cm³/mol. The van der Waals surface area contributed by atoms with E-state index in [2.05, 4.69) is 51.0 Å². The van der Waals surface area contributed by atoms with Gasteiger partial charge in [-0.2, -0.15) is 0 Å². The second kappa shape index (κ2) is 25.0. The van der Waals surface area contributed by atoms with Crippen LogP contribution in [0.2, 0.25) is 0 Å². The van der Waals surface area contributed by atoms with Crippen molar-refractivity contribution in [2.45, 2.75) is 65.7 Å². The summed E-state index contributed by atoms with van der Waals surface area (Å²) in [6.45, 7) is 15.4. The molecule has 0 aliphatic carbocycles. The molecule has 0 saturated carbocycles. The maximum Gasteiger partial charge on any atom is 0.232 e. The quantitative estimate of drug-likeness (QED) is 0.136. The Kier molecular flexibility index (Phi) is 17.0. The number of allylic oxidation sites excluding steroid dienone is 2. The molecule has 17 nitrogen and oxygen atoms in total. The minimum atomic E-state index is -0.803. The van der Waals surface area contributed by atoms with E-state index in [9.17, 15) is 0 Å². The van der Waals surface area contributed by atoms with Crippen LogP contribution in [0.25, 0.3) is 22.5 Å². The Morgan fingerprint density at radius 1 is 0.707 bits per heavy atom. The standard InChI is InChI=1S/C58H63N11O6/c1-41-8-5-4-6-20-71-38-45-28-51(34-53(30-45)74-25-19-68-15-14-59-40-68)69(58-63-36-43(3)56(66-58)46-10-12-60-48(26-41)31-46)54-9-7-21-72-37-44-27-49(33-52(29-44)73-24-18-67-16-22-70-23-17-67)64-57-62-35-42(2)55(65-57)47-11-13-61-50(32-47)39-75-54/h4,6-7,9-15,27-36,40,54H,1,5,8,16-26,37-39H2,2-3H3,(H,62,64,65)/b6-4+,9-7+. The molecule has 17 heteroatoms. The minimum absolute atomic E-state index is 0.119. The van der Waals surface area contributed by atoms with Crippen molar-refractivity contribution in [3.8, 4) is 34.0 Å². The number of pyridine rings is 2. The lowest BCUT2D eigenvalue weighted by molar-refractivity contribution is 0.0322. The second-order valence-electron chi connectivity index (χ2n) is 18.7. The number of fused-ring (bicyclic) bond motifs is 14. The Morgan fingerprint density at radius 3 is 2.23 bits per heavy atom. The summed E-state index contributed by atoms with van der Waals surface area (Å²) < 4.78 is 40.2. The fraction of sp³-hybridized carbons (Fsp3) is 0.328. The number of hydrogen-bond acceptors (Lipinski definition) is 16. The van der Waals surface area contributed by atoms with Crippen LogP contribution in [0.5, 0.6) is 11.5 Å². The third kappa shape index (κ3) is 13.9. The number of ether oxygens (including phenoxy) is 6. The van der Waals surface area contributed by atoms with Crippen LogP contribution in [-0.4, -0.2) is 110 Å². The molecule has 3 aliphatic heterocycles. The zero-order valence-corrected chi connectivity index (χ0v) is 42.6. The van der Waals surface area contributed by atoms with Crippen molar-refractivity contribution in [1.82, 2.24) is 44.4 Å². The van der Waals surface area contributed by atoms with Crippen LogP contribution < -0.4 is 19.7 Å². The van der Waals surface area contributed by atoms with Crippen molar-refractivity contribution < 1.29 is 28.4 Å². The van der Waals surface area contributed by atoms with E-state index in [0.29, 0.717) is 75.1 Å². The van der Waals surface area contributed by atoms with Gasteiger partial charge in [0.15, 0.2) is 6.23 Å². The molecule has 0 amide bonds. The highest BCUT2D eigenvalue weighted by Gasteiger charge is 2.26. The molecule has 5 aromatic heterocycles. The molecule has 0 radical (unpaired) electrons. The van der Waals surface area contributed by atoms with Gasteiger partial charge in [-0.05, 0) is 104 Å². The van der Waals surface area contributed by atoms with E-state index in [4.69, 9.17) is 53.3 Å². The number of imidazole rings is 1. The summed E-state index contributed by atoms with van der Waals surface area (Å²) >= 11 is 0. The summed E-state index contributed by atoms with van der Waals surface area (Å²) in [6.07, 6.45) is 22.5. The van der Waals surface area contributed by atoms with Gasteiger partial charge in [-0.3, -0.25) is 19.8 Å². The number of hydrogen-bond donors (Lipinski definition) is 1. The van der Waals surface area contributed by atoms with E-state index in [1.165, 1.54) is 0 Å². The third-order valence-electron chi connectivity index (χ3n) is 12.9. The maximum absolute atomic E-state index is 7.04. The molecule has 75 heavy (non-hydrogen) atoms. The number of aromatic nitrogens is 8. The van der Waals surface area contributed by atoms with Gasteiger partial charge in [0.2, 0.25) is 11.9 Å². The molecule has 12 bridgehead atoms. The molecular formula is C58H63N11O6. The van der Waals surface area contributed by atoms with Gasteiger partial charge in [0.05, 0.1) is 81.9 Å². The average Bonchev–Trinajstić information content (AvgIpc) is 3.94. The van der Waals surface area contributed by atoms with Crippen molar-refractivity contribution in [2.75, 3.05) is 69.5 Å². The number of morpholine rings is 1. The highest BCUT2D eigenvalue weighted by Crippen LogP contribution is 2.35. The number of benzene rings is 2. The third-order valence-corrected chi connectivity index (χ3v) is 12.9. The summed E-state index contributed by atoms with van der Waals surface area (Å²) in [7, 11) is 0. The van der Waals surface area contributed by atoms with Gasteiger partial charge in [-0.15, -0.1) is 0 Å². The van der Waals surface area contributed by atoms with Crippen molar-refractivity contribution in [1.29, 1.82) is 0 Å². The molecule has 1 fully saturated rings. The van der Waals surface area contributed by atoms with E-state index in [1.54, 1.807) is 18.7 Å². The Bertz CT molecular complexity index is 3100. The van der Waals surface area contributed by atoms with Crippen LogP contribution in [0.4, 0.5) is 23.3 Å². The van der Waals surface area contributed by atoms with Crippen molar-refractivity contribution in [2.24, 2.45) is 0 Å². The normalized spacial score (nSPS) is 17.8.